The Labute approximate surface area is 94.0 Å². The number of pyridine rings is 1. The van der Waals surface area contributed by atoms with Crippen molar-refractivity contribution in [2.75, 3.05) is 5.73 Å². The highest BCUT2D eigenvalue weighted by molar-refractivity contribution is 6.00. The maximum atomic E-state index is 10.8. The monoisotopic (exact) mass is 234 g/mol. The zero-order valence-electron chi connectivity index (χ0n) is 8.36. The number of aromatic nitrogens is 1. The molecule has 0 bridgehead atoms. The quantitative estimate of drug-likeness (QED) is 0.478. The third-order valence-electron chi connectivity index (χ3n) is 2.28. The van der Waals surface area contributed by atoms with Crippen LogP contribution in [0.5, 0.6) is 0 Å². The lowest BCUT2D eigenvalue weighted by molar-refractivity contribution is -0.392. The van der Waals surface area contributed by atoms with Gasteiger partial charge in [0.15, 0.2) is 5.52 Å². The van der Waals surface area contributed by atoms with Gasteiger partial charge in [-0.15, -0.1) is 0 Å². The van der Waals surface area contributed by atoms with Crippen molar-refractivity contribution < 1.29 is 9.85 Å². The molecule has 0 aliphatic carbocycles. The van der Waals surface area contributed by atoms with E-state index in [0.717, 1.165) is 6.07 Å². The maximum absolute atomic E-state index is 10.8. The smallest absolute Gasteiger partial charge is 0.302 e. The number of nitrogens with two attached hydrogens (primary N) is 1. The SMILES string of the molecule is Nc1c([N+](=O)[O-])cc([N+](=O)[O-])c2ncccc12. The minimum atomic E-state index is -0.755. The van der Waals surface area contributed by atoms with Gasteiger partial charge in [-0.1, -0.05) is 0 Å². The number of nitro benzene ring substituents is 2. The minimum Gasteiger partial charge on any atom is -0.393 e. The van der Waals surface area contributed by atoms with Crippen molar-refractivity contribution in [2.45, 2.75) is 0 Å². The molecule has 0 aliphatic heterocycles. The molecule has 1 aromatic carbocycles. The molecule has 86 valence electrons. The van der Waals surface area contributed by atoms with Crippen LogP contribution in [0.3, 0.4) is 0 Å². The van der Waals surface area contributed by atoms with Gasteiger partial charge in [-0.05, 0) is 12.1 Å². The van der Waals surface area contributed by atoms with Gasteiger partial charge in [-0.25, -0.2) is 4.98 Å². The van der Waals surface area contributed by atoms with Crippen LogP contribution in [0.25, 0.3) is 10.9 Å². The number of rotatable bonds is 2. The predicted molar refractivity (Wildman–Crippen MR) is 59.5 cm³/mol. The van der Waals surface area contributed by atoms with E-state index in [-0.39, 0.29) is 16.6 Å². The molecule has 0 aliphatic rings. The van der Waals surface area contributed by atoms with E-state index in [0.29, 0.717) is 0 Å². The Kier molecular flexibility index (Phi) is 2.32. The van der Waals surface area contributed by atoms with Crippen LogP contribution >= 0.6 is 0 Å². The van der Waals surface area contributed by atoms with E-state index >= 15 is 0 Å². The fraction of sp³-hybridized carbons (Fsp3) is 0. The second kappa shape index (κ2) is 3.67. The summed E-state index contributed by atoms with van der Waals surface area (Å²) in [6.07, 6.45) is 1.36. The Bertz CT molecular complexity index is 640. The van der Waals surface area contributed by atoms with Gasteiger partial charge in [0, 0.05) is 11.6 Å². The Morgan fingerprint density at radius 3 is 2.41 bits per heavy atom. The average molecular weight is 234 g/mol. The van der Waals surface area contributed by atoms with Crippen molar-refractivity contribution in [3.05, 3.63) is 44.6 Å². The molecule has 0 saturated carbocycles. The fourth-order valence-electron chi connectivity index (χ4n) is 1.53. The molecule has 2 aromatic rings. The Hall–Kier alpha value is -2.77. The van der Waals surface area contributed by atoms with Crippen LogP contribution in [0, 0.1) is 20.2 Å². The van der Waals surface area contributed by atoms with Crippen molar-refractivity contribution in [3.8, 4) is 0 Å². The summed E-state index contributed by atoms with van der Waals surface area (Å²) in [6, 6.07) is 3.79. The number of nitro groups is 2. The highest BCUT2D eigenvalue weighted by Crippen LogP contribution is 2.35. The molecule has 1 aromatic heterocycles. The predicted octanol–water partition coefficient (Wildman–Crippen LogP) is 1.63. The van der Waals surface area contributed by atoms with Gasteiger partial charge < -0.3 is 5.73 Å². The van der Waals surface area contributed by atoms with Gasteiger partial charge in [0.2, 0.25) is 0 Å². The number of anilines is 1. The highest BCUT2D eigenvalue weighted by Gasteiger charge is 2.24. The number of non-ortho nitro benzene ring substituents is 1. The van der Waals surface area contributed by atoms with E-state index in [4.69, 9.17) is 5.73 Å². The molecule has 0 unspecified atom stereocenters. The lowest BCUT2D eigenvalue weighted by Gasteiger charge is -2.02. The van der Waals surface area contributed by atoms with E-state index < -0.39 is 21.2 Å². The van der Waals surface area contributed by atoms with Crippen molar-refractivity contribution in [3.63, 3.8) is 0 Å². The Morgan fingerprint density at radius 1 is 1.18 bits per heavy atom. The van der Waals surface area contributed by atoms with Crippen LogP contribution in [-0.2, 0) is 0 Å². The van der Waals surface area contributed by atoms with Gasteiger partial charge >= 0.3 is 5.69 Å². The van der Waals surface area contributed by atoms with E-state index in [1.807, 2.05) is 0 Å². The lowest BCUT2D eigenvalue weighted by Crippen LogP contribution is -2.00. The third kappa shape index (κ3) is 1.61. The van der Waals surface area contributed by atoms with E-state index in [1.54, 1.807) is 0 Å². The lowest BCUT2D eigenvalue weighted by atomic mass is 10.1. The largest absolute Gasteiger partial charge is 0.393 e. The second-order valence-electron chi connectivity index (χ2n) is 3.24. The first-order valence-electron chi connectivity index (χ1n) is 4.48. The number of nitrogen functional groups attached to an aromatic ring is 1. The molecule has 17 heavy (non-hydrogen) atoms. The van der Waals surface area contributed by atoms with Gasteiger partial charge in [-0.2, -0.15) is 0 Å². The van der Waals surface area contributed by atoms with E-state index in [2.05, 4.69) is 4.98 Å². The summed E-state index contributed by atoms with van der Waals surface area (Å²) < 4.78 is 0. The third-order valence-corrected chi connectivity index (χ3v) is 2.28. The first kappa shape index (κ1) is 10.7. The number of benzene rings is 1. The minimum absolute atomic E-state index is 0.0422. The highest BCUT2D eigenvalue weighted by atomic mass is 16.6. The maximum Gasteiger partial charge on any atom is 0.302 e. The van der Waals surface area contributed by atoms with Crippen molar-refractivity contribution in [1.29, 1.82) is 0 Å². The van der Waals surface area contributed by atoms with Crippen LogP contribution in [0.4, 0.5) is 17.1 Å². The Balaban J connectivity index is 2.94. The summed E-state index contributed by atoms with van der Waals surface area (Å²) in [5.41, 5.74) is 4.59. The molecule has 1 heterocycles. The van der Waals surface area contributed by atoms with Gasteiger partial charge in [0.1, 0.15) is 5.69 Å². The molecular formula is C9H6N4O4. The second-order valence-corrected chi connectivity index (χ2v) is 3.24. The standard InChI is InChI=1S/C9H6N4O4/c10-8-5-2-1-3-11-9(5)7(13(16)17)4-6(8)12(14)15/h1-4H,10H2. The molecule has 2 rings (SSSR count). The fourth-order valence-corrected chi connectivity index (χ4v) is 1.53. The topological polar surface area (TPSA) is 125 Å². The summed E-state index contributed by atoms with van der Waals surface area (Å²) >= 11 is 0. The molecular weight excluding hydrogens is 228 g/mol. The van der Waals surface area contributed by atoms with Crippen LogP contribution in [0.2, 0.25) is 0 Å². The first-order valence-corrected chi connectivity index (χ1v) is 4.48. The first-order chi connectivity index (χ1) is 8.02. The molecule has 8 nitrogen and oxygen atoms in total. The number of nitrogens with zero attached hydrogens (tertiary/aromatic N) is 3. The molecule has 0 saturated heterocycles. The van der Waals surface area contributed by atoms with E-state index in [9.17, 15) is 20.2 Å². The van der Waals surface area contributed by atoms with Crippen LogP contribution in [-0.4, -0.2) is 14.8 Å². The number of hydrogen-bond acceptors (Lipinski definition) is 6. The van der Waals surface area contributed by atoms with Crippen molar-refractivity contribution in [1.82, 2.24) is 4.98 Å². The zero-order chi connectivity index (χ0) is 12.6. The summed E-state index contributed by atoms with van der Waals surface area (Å²) in [5.74, 6) is 0. The molecule has 0 atom stereocenters. The summed E-state index contributed by atoms with van der Waals surface area (Å²) in [5, 5.41) is 21.7. The van der Waals surface area contributed by atoms with Crippen molar-refractivity contribution in [2.24, 2.45) is 0 Å². The zero-order valence-corrected chi connectivity index (χ0v) is 8.36. The van der Waals surface area contributed by atoms with Gasteiger partial charge in [0.25, 0.3) is 5.69 Å². The van der Waals surface area contributed by atoms with Crippen LogP contribution < -0.4 is 5.73 Å². The average Bonchev–Trinajstić information content (AvgIpc) is 2.29. The summed E-state index contributed by atoms with van der Waals surface area (Å²) in [6.45, 7) is 0. The van der Waals surface area contributed by atoms with Gasteiger partial charge in [0.05, 0.1) is 15.9 Å². The van der Waals surface area contributed by atoms with Crippen LogP contribution in [0.15, 0.2) is 24.4 Å². The molecule has 0 fully saturated rings. The number of hydrogen-bond donors (Lipinski definition) is 1. The molecule has 0 spiro atoms. The Morgan fingerprint density at radius 2 is 1.82 bits per heavy atom. The summed E-state index contributed by atoms with van der Waals surface area (Å²) in [4.78, 5) is 23.9. The molecule has 0 amide bonds. The van der Waals surface area contributed by atoms with Gasteiger partial charge in [-0.3, -0.25) is 20.2 Å². The van der Waals surface area contributed by atoms with E-state index in [1.165, 1.54) is 18.3 Å². The van der Waals surface area contributed by atoms with Crippen LogP contribution in [0.1, 0.15) is 0 Å². The van der Waals surface area contributed by atoms with Crippen molar-refractivity contribution >= 4 is 28.0 Å². The molecule has 2 N–H and O–H groups in total. The summed E-state index contributed by atoms with van der Waals surface area (Å²) in [7, 11) is 0. The normalized spacial score (nSPS) is 10.4. The molecule has 0 radical (unpaired) electrons. The molecule has 8 heteroatoms. The number of fused-ring (bicyclic) bond motifs is 1.